The molecule has 1 aliphatic rings. The van der Waals surface area contributed by atoms with Gasteiger partial charge >= 0.3 is 6.03 Å². The number of amides is 2. The van der Waals surface area contributed by atoms with Crippen molar-refractivity contribution < 1.29 is 18.3 Å². The van der Waals surface area contributed by atoms with Gasteiger partial charge in [0.2, 0.25) is 0 Å². The average Bonchev–Trinajstić information content (AvgIpc) is 2.70. The van der Waals surface area contributed by atoms with Crippen LogP contribution in [-0.4, -0.2) is 30.6 Å². The van der Waals surface area contributed by atoms with Crippen LogP contribution in [0.1, 0.15) is 35.8 Å². The molecule has 27 heavy (non-hydrogen) atoms. The minimum Gasteiger partial charge on any atom is -0.370 e. The lowest BCUT2D eigenvalue weighted by Crippen LogP contribution is -2.47. The number of nitrogens with one attached hydrogen (secondary N) is 1. The molecule has 140 valence electrons. The molecule has 2 atom stereocenters. The van der Waals surface area contributed by atoms with Crippen molar-refractivity contribution in [3.05, 3.63) is 70.8 Å². The molecule has 1 heterocycles. The van der Waals surface area contributed by atoms with Crippen LogP contribution < -0.4 is 5.32 Å². The molecule has 0 aliphatic carbocycles. The Labute approximate surface area is 156 Å². The highest BCUT2D eigenvalue weighted by Gasteiger charge is 2.27. The highest BCUT2D eigenvalue weighted by molar-refractivity contribution is 5.75. The standard InChI is InChI=1S/C20H19F2N3O2/c1-13(15-4-2-3-14(9-15)11-23)24-20(26)25-7-8-27-19(12-25)16-5-6-17(21)18(22)10-16/h2-6,9-10,13,19H,7-8,12H2,1H3,(H,24,26)/t13-,19-/m0/s1. The van der Waals surface area contributed by atoms with Crippen molar-refractivity contribution in [1.82, 2.24) is 10.2 Å². The smallest absolute Gasteiger partial charge is 0.318 e. The van der Waals surface area contributed by atoms with Gasteiger partial charge in [0.1, 0.15) is 6.10 Å². The second-order valence-corrected chi connectivity index (χ2v) is 6.39. The fourth-order valence-corrected chi connectivity index (χ4v) is 2.99. The summed E-state index contributed by atoms with van der Waals surface area (Å²) < 4.78 is 32.2. The second-order valence-electron chi connectivity index (χ2n) is 6.39. The molecule has 7 heteroatoms. The first-order valence-corrected chi connectivity index (χ1v) is 8.60. The van der Waals surface area contributed by atoms with Gasteiger partial charge in [0.05, 0.1) is 30.8 Å². The molecular weight excluding hydrogens is 352 g/mol. The van der Waals surface area contributed by atoms with E-state index in [1.165, 1.54) is 6.07 Å². The number of hydrogen-bond donors (Lipinski definition) is 1. The summed E-state index contributed by atoms with van der Waals surface area (Å²) in [5.74, 6) is -1.86. The van der Waals surface area contributed by atoms with Gasteiger partial charge in [-0.1, -0.05) is 18.2 Å². The Hall–Kier alpha value is -2.98. The van der Waals surface area contributed by atoms with Crippen LogP contribution in [0.15, 0.2) is 42.5 Å². The van der Waals surface area contributed by atoms with E-state index in [9.17, 15) is 13.6 Å². The highest BCUT2D eigenvalue weighted by Crippen LogP contribution is 2.24. The van der Waals surface area contributed by atoms with Gasteiger partial charge in [0.25, 0.3) is 0 Å². The van der Waals surface area contributed by atoms with Crippen LogP contribution in [0.3, 0.4) is 0 Å². The van der Waals surface area contributed by atoms with E-state index in [0.29, 0.717) is 24.3 Å². The molecule has 0 radical (unpaired) electrons. The molecule has 3 rings (SSSR count). The van der Waals surface area contributed by atoms with E-state index in [2.05, 4.69) is 11.4 Å². The number of carbonyl (C=O) groups excluding carboxylic acids is 1. The number of morpholine rings is 1. The third-order valence-corrected chi connectivity index (χ3v) is 4.52. The molecule has 1 N–H and O–H groups in total. The first kappa shape index (κ1) is 18.8. The number of carbonyl (C=O) groups is 1. The number of nitrogens with zero attached hydrogens (tertiary/aromatic N) is 2. The lowest BCUT2D eigenvalue weighted by Gasteiger charge is -2.34. The molecule has 0 unspecified atom stereocenters. The Kier molecular flexibility index (Phi) is 5.67. The minimum atomic E-state index is -0.941. The van der Waals surface area contributed by atoms with E-state index >= 15 is 0 Å². The highest BCUT2D eigenvalue weighted by atomic mass is 19.2. The van der Waals surface area contributed by atoms with E-state index in [-0.39, 0.29) is 18.6 Å². The van der Waals surface area contributed by atoms with Gasteiger partial charge in [-0.15, -0.1) is 0 Å². The summed E-state index contributed by atoms with van der Waals surface area (Å²) in [5, 5.41) is 11.9. The van der Waals surface area contributed by atoms with Crippen molar-refractivity contribution in [1.29, 1.82) is 5.26 Å². The van der Waals surface area contributed by atoms with E-state index in [1.54, 1.807) is 23.1 Å². The minimum absolute atomic E-state index is 0.238. The van der Waals surface area contributed by atoms with Crippen LogP contribution in [0.2, 0.25) is 0 Å². The Balaban J connectivity index is 1.65. The number of hydrogen-bond acceptors (Lipinski definition) is 3. The zero-order valence-electron chi connectivity index (χ0n) is 14.8. The zero-order chi connectivity index (χ0) is 19.4. The maximum Gasteiger partial charge on any atom is 0.318 e. The van der Waals surface area contributed by atoms with Gasteiger partial charge in [-0.05, 0) is 42.3 Å². The number of ether oxygens (including phenoxy) is 1. The van der Waals surface area contributed by atoms with Crippen molar-refractivity contribution >= 4 is 6.03 Å². The number of halogens is 2. The molecule has 2 aromatic rings. The molecule has 0 spiro atoms. The van der Waals surface area contributed by atoms with E-state index in [1.807, 2.05) is 13.0 Å². The van der Waals surface area contributed by atoms with Gasteiger partial charge in [0, 0.05) is 6.54 Å². The normalized spacial score (nSPS) is 17.9. The predicted octanol–water partition coefficient (Wildman–Crippen LogP) is 3.68. The van der Waals surface area contributed by atoms with Crippen LogP contribution >= 0.6 is 0 Å². The summed E-state index contributed by atoms with van der Waals surface area (Å²) >= 11 is 0. The molecule has 5 nitrogen and oxygen atoms in total. The zero-order valence-corrected chi connectivity index (χ0v) is 14.8. The summed E-state index contributed by atoms with van der Waals surface area (Å²) in [6.45, 7) is 2.77. The first-order chi connectivity index (χ1) is 13.0. The molecule has 0 bridgehead atoms. The Morgan fingerprint density at radius 2 is 2.11 bits per heavy atom. The summed E-state index contributed by atoms with van der Waals surface area (Å²) in [7, 11) is 0. The van der Waals surface area contributed by atoms with E-state index < -0.39 is 17.7 Å². The third kappa shape index (κ3) is 4.41. The van der Waals surface area contributed by atoms with Crippen molar-refractivity contribution in [2.24, 2.45) is 0 Å². The SMILES string of the molecule is C[C@H](NC(=O)N1CCO[C@H](c2ccc(F)c(F)c2)C1)c1cccc(C#N)c1. The van der Waals surface area contributed by atoms with Gasteiger partial charge in [-0.25, -0.2) is 13.6 Å². The lowest BCUT2D eigenvalue weighted by molar-refractivity contribution is -0.0159. The molecule has 2 amide bonds. The topological polar surface area (TPSA) is 65.4 Å². The number of rotatable bonds is 3. The van der Waals surface area contributed by atoms with Gasteiger partial charge in [-0.3, -0.25) is 0 Å². The Bertz CT molecular complexity index is 882. The number of benzene rings is 2. The van der Waals surface area contributed by atoms with Crippen LogP contribution in [0.25, 0.3) is 0 Å². The first-order valence-electron chi connectivity index (χ1n) is 8.60. The predicted molar refractivity (Wildman–Crippen MR) is 94.7 cm³/mol. The second kappa shape index (κ2) is 8.14. The molecular formula is C20H19F2N3O2. The summed E-state index contributed by atoms with van der Waals surface area (Å²) in [5.41, 5.74) is 1.84. The lowest BCUT2D eigenvalue weighted by atomic mass is 10.1. The third-order valence-electron chi connectivity index (χ3n) is 4.52. The number of nitriles is 1. The van der Waals surface area contributed by atoms with Crippen molar-refractivity contribution in [3.8, 4) is 6.07 Å². The van der Waals surface area contributed by atoms with Crippen LogP contribution in [0.5, 0.6) is 0 Å². The molecule has 0 saturated carbocycles. The maximum absolute atomic E-state index is 13.5. The quantitative estimate of drug-likeness (QED) is 0.895. The molecule has 0 aromatic heterocycles. The monoisotopic (exact) mass is 371 g/mol. The van der Waals surface area contributed by atoms with Crippen molar-refractivity contribution in [3.63, 3.8) is 0 Å². The average molecular weight is 371 g/mol. The largest absolute Gasteiger partial charge is 0.370 e. The van der Waals surface area contributed by atoms with Crippen molar-refractivity contribution in [2.75, 3.05) is 19.7 Å². The van der Waals surface area contributed by atoms with Gasteiger partial charge < -0.3 is 15.0 Å². The Morgan fingerprint density at radius 3 is 2.85 bits per heavy atom. The maximum atomic E-state index is 13.5. The van der Waals surface area contributed by atoms with Crippen LogP contribution in [-0.2, 0) is 4.74 Å². The van der Waals surface area contributed by atoms with E-state index in [0.717, 1.165) is 17.7 Å². The van der Waals surface area contributed by atoms with Crippen molar-refractivity contribution in [2.45, 2.75) is 19.1 Å². The summed E-state index contributed by atoms with van der Waals surface area (Å²) in [6, 6.07) is 12.2. The molecule has 1 saturated heterocycles. The van der Waals surface area contributed by atoms with Gasteiger partial charge in [0.15, 0.2) is 11.6 Å². The molecule has 2 aromatic carbocycles. The summed E-state index contributed by atoms with van der Waals surface area (Å²) in [6.07, 6.45) is -0.517. The molecule has 1 fully saturated rings. The van der Waals surface area contributed by atoms with Crippen LogP contribution in [0, 0.1) is 23.0 Å². The fourth-order valence-electron chi connectivity index (χ4n) is 2.99. The van der Waals surface area contributed by atoms with E-state index in [4.69, 9.17) is 10.00 Å². The molecule has 1 aliphatic heterocycles. The van der Waals surface area contributed by atoms with Gasteiger partial charge in [-0.2, -0.15) is 5.26 Å². The number of urea groups is 1. The Morgan fingerprint density at radius 1 is 1.30 bits per heavy atom. The van der Waals surface area contributed by atoms with Crippen LogP contribution in [0.4, 0.5) is 13.6 Å². The summed E-state index contributed by atoms with van der Waals surface area (Å²) in [4.78, 5) is 14.2. The fraction of sp³-hybridized carbons (Fsp3) is 0.300.